The SMILES string of the molecule is CC(C)CNC(CCCN)CCCN. The summed E-state index contributed by atoms with van der Waals surface area (Å²) in [4.78, 5) is 0. The Bertz CT molecular complexity index is 107. The highest BCUT2D eigenvalue weighted by Crippen LogP contribution is 2.04. The molecule has 0 atom stereocenters. The van der Waals surface area contributed by atoms with E-state index in [1.807, 2.05) is 0 Å². The molecule has 0 aromatic carbocycles. The molecule has 0 aliphatic heterocycles. The van der Waals surface area contributed by atoms with E-state index >= 15 is 0 Å². The van der Waals surface area contributed by atoms with Crippen molar-refractivity contribution < 1.29 is 0 Å². The molecule has 0 saturated carbocycles. The zero-order chi connectivity index (χ0) is 10.8. The highest BCUT2D eigenvalue weighted by Gasteiger charge is 2.07. The molecule has 86 valence electrons. The van der Waals surface area contributed by atoms with Gasteiger partial charge in [0, 0.05) is 6.04 Å². The quantitative estimate of drug-likeness (QED) is 0.523. The Balaban J connectivity index is 3.60. The van der Waals surface area contributed by atoms with Crippen LogP contribution in [0.5, 0.6) is 0 Å². The lowest BCUT2D eigenvalue weighted by atomic mass is 10.0. The van der Waals surface area contributed by atoms with Gasteiger partial charge in [-0.05, 0) is 51.2 Å². The minimum Gasteiger partial charge on any atom is -0.330 e. The van der Waals surface area contributed by atoms with Crippen molar-refractivity contribution in [2.24, 2.45) is 17.4 Å². The van der Waals surface area contributed by atoms with E-state index in [-0.39, 0.29) is 0 Å². The number of hydrogen-bond acceptors (Lipinski definition) is 3. The molecular weight excluding hydrogens is 174 g/mol. The maximum absolute atomic E-state index is 5.51. The molecule has 14 heavy (non-hydrogen) atoms. The first-order valence-electron chi connectivity index (χ1n) is 5.84. The molecule has 0 saturated heterocycles. The predicted molar refractivity (Wildman–Crippen MR) is 63.2 cm³/mol. The van der Waals surface area contributed by atoms with Gasteiger partial charge in [0.2, 0.25) is 0 Å². The van der Waals surface area contributed by atoms with Crippen LogP contribution in [0.1, 0.15) is 39.5 Å². The minimum atomic E-state index is 0.615. The molecular formula is C11H27N3. The molecule has 3 nitrogen and oxygen atoms in total. The largest absolute Gasteiger partial charge is 0.330 e. The Morgan fingerprint density at radius 3 is 1.86 bits per heavy atom. The zero-order valence-corrected chi connectivity index (χ0v) is 9.76. The fourth-order valence-electron chi connectivity index (χ4n) is 1.48. The van der Waals surface area contributed by atoms with Gasteiger partial charge in [-0.15, -0.1) is 0 Å². The summed E-state index contributed by atoms with van der Waals surface area (Å²) in [7, 11) is 0. The smallest absolute Gasteiger partial charge is 0.00681 e. The van der Waals surface area contributed by atoms with Crippen LogP contribution >= 0.6 is 0 Å². The summed E-state index contributed by atoms with van der Waals surface area (Å²) in [5.41, 5.74) is 11.0. The summed E-state index contributed by atoms with van der Waals surface area (Å²) in [6, 6.07) is 0.615. The molecule has 0 fully saturated rings. The van der Waals surface area contributed by atoms with Crippen LogP contribution in [0.4, 0.5) is 0 Å². The van der Waals surface area contributed by atoms with E-state index in [2.05, 4.69) is 19.2 Å². The van der Waals surface area contributed by atoms with Crippen LogP contribution in [0.2, 0.25) is 0 Å². The zero-order valence-electron chi connectivity index (χ0n) is 9.76. The van der Waals surface area contributed by atoms with Gasteiger partial charge < -0.3 is 16.8 Å². The summed E-state index contributed by atoms with van der Waals surface area (Å²) in [5.74, 6) is 0.716. The molecule has 0 bridgehead atoms. The number of nitrogens with one attached hydrogen (secondary N) is 1. The van der Waals surface area contributed by atoms with E-state index in [9.17, 15) is 0 Å². The van der Waals surface area contributed by atoms with Gasteiger partial charge in [0.1, 0.15) is 0 Å². The second-order valence-corrected chi connectivity index (χ2v) is 4.36. The maximum atomic E-state index is 5.51. The van der Waals surface area contributed by atoms with Crippen LogP contribution < -0.4 is 16.8 Å². The molecule has 0 radical (unpaired) electrons. The highest BCUT2D eigenvalue weighted by molar-refractivity contribution is 4.68. The van der Waals surface area contributed by atoms with E-state index in [1.165, 1.54) is 12.8 Å². The third kappa shape index (κ3) is 8.48. The summed E-state index contributed by atoms with van der Waals surface area (Å²) in [6.45, 7) is 7.15. The first kappa shape index (κ1) is 13.9. The predicted octanol–water partition coefficient (Wildman–Crippen LogP) is 1.08. The molecule has 0 spiro atoms. The Hall–Kier alpha value is -0.120. The molecule has 0 heterocycles. The first-order valence-corrected chi connectivity index (χ1v) is 5.84. The summed E-state index contributed by atoms with van der Waals surface area (Å²) in [5, 5.41) is 3.58. The lowest BCUT2D eigenvalue weighted by Crippen LogP contribution is -2.33. The average Bonchev–Trinajstić information content (AvgIpc) is 2.16. The average molecular weight is 201 g/mol. The second kappa shape index (κ2) is 9.44. The van der Waals surface area contributed by atoms with Crippen molar-refractivity contribution in [3.05, 3.63) is 0 Å². The molecule has 0 unspecified atom stereocenters. The van der Waals surface area contributed by atoms with Gasteiger partial charge in [-0.25, -0.2) is 0 Å². The lowest BCUT2D eigenvalue weighted by Gasteiger charge is -2.19. The first-order chi connectivity index (χ1) is 6.70. The van der Waals surface area contributed by atoms with E-state index < -0.39 is 0 Å². The van der Waals surface area contributed by atoms with Crippen molar-refractivity contribution in [1.29, 1.82) is 0 Å². The van der Waals surface area contributed by atoms with Gasteiger partial charge in [-0.3, -0.25) is 0 Å². The summed E-state index contributed by atoms with van der Waals surface area (Å²) < 4.78 is 0. The molecule has 0 aromatic rings. The lowest BCUT2D eigenvalue weighted by molar-refractivity contribution is 0.408. The van der Waals surface area contributed by atoms with Crippen LogP contribution in [0.3, 0.4) is 0 Å². The number of hydrogen-bond donors (Lipinski definition) is 3. The third-order valence-electron chi connectivity index (χ3n) is 2.33. The van der Waals surface area contributed by atoms with Gasteiger partial charge in [0.05, 0.1) is 0 Å². The standard InChI is InChI=1S/C11H27N3/c1-10(2)9-14-11(5-3-7-12)6-4-8-13/h10-11,14H,3-9,12-13H2,1-2H3. The van der Waals surface area contributed by atoms with E-state index in [4.69, 9.17) is 11.5 Å². The Kier molecular flexibility index (Phi) is 9.35. The molecule has 0 aliphatic rings. The van der Waals surface area contributed by atoms with Crippen molar-refractivity contribution in [3.8, 4) is 0 Å². The van der Waals surface area contributed by atoms with Crippen LogP contribution in [-0.4, -0.2) is 25.7 Å². The van der Waals surface area contributed by atoms with Crippen molar-refractivity contribution in [2.45, 2.75) is 45.6 Å². The van der Waals surface area contributed by atoms with Crippen LogP contribution in [-0.2, 0) is 0 Å². The van der Waals surface area contributed by atoms with Crippen LogP contribution in [0.15, 0.2) is 0 Å². The van der Waals surface area contributed by atoms with Gasteiger partial charge in [0.25, 0.3) is 0 Å². The maximum Gasteiger partial charge on any atom is 0.00681 e. The fourth-order valence-corrected chi connectivity index (χ4v) is 1.48. The normalized spacial score (nSPS) is 11.6. The van der Waals surface area contributed by atoms with E-state index in [0.717, 1.165) is 32.5 Å². The topological polar surface area (TPSA) is 64.1 Å². The van der Waals surface area contributed by atoms with Crippen molar-refractivity contribution in [3.63, 3.8) is 0 Å². The summed E-state index contributed by atoms with van der Waals surface area (Å²) >= 11 is 0. The van der Waals surface area contributed by atoms with E-state index in [1.54, 1.807) is 0 Å². The van der Waals surface area contributed by atoms with Gasteiger partial charge in [-0.1, -0.05) is 13.8 Å². The Labute approximate surface area is 88.6 Å². The Morgan fingerprint density at radius 1 is 1.00 bits per heavy atom. The van der Waals surface area contributed by atoms with Crippen molar-refractivity contribution in [2.75, 3.05) is 19.6 Å². The molecule has 0 amide bonds. The number of nitrogens with two attached hydrogens (primary N) is 2. The monoisotopic (exact) mass is 201 g/mol. The minimum absolute atomic E-state index is 0.615. The molecule has 0 rings (SSSR count). The molecule has 3 heteroatoms. The molecule has 0 aromatic heterocycles. The van der Waals surface area contributed by atoms with Gasteiger partial charge in [0.15, 0.2) is 0 Å². The van der Waals surface area contributed by atoms with Gasteiger partial charge >= 0.3 is 0 Å². The molecule has 5 N–H and O–H groups in total. The number of rotatable bonds is 9. The Morgan fingerprint density at radius 2 is 1.50 bits per heavy atom. The summed E-state index contributed by atoms with van der Waals surface area (Å²) in [6.07, 6.45) is 4.59. The van der Waals surface area contributed by atoms with Crippen molar-refractivity contribution in [1.82, 2.24) is 5.32 Å². The fraction of sp³-hybridized carbons (Fsp3) is 1.00. The van der Waals surface area contributed by atoms with Gasteiger partial charge in [-0.2, -0.15) is 0 Å². The molecule has 0 aliphatic carbocycles. The second-order valence-electron chi connectivity index (χ2n) is 4.36. The van der Waals surface area contributed by atoms with Crippen LogP contribution in [0, 0.1) is 5.92 Å². The third-order valence-corrected chi connectivity index (χ3v) is 2.33. The van der Waals surface area contributed by atoms with E-state index in [0.29, 0.717) is 12.0 Å². The van der Waals surface area contributed by atoms with Crippen LogP contribution in [0.25, 0.3) is 0 Å². The van der Waals surface area contributed by atoms with Crippen molar-refractivity contribution >= 4 is 0 Å². The highest BCUT2D eigenvalue weighted by atomic mass is 14.9.